The third-order valence-electron chi connectivity index (χ3n) is 4.97. The summed E-state index contributed by atoms with van der Waals surface area (Å²) in [4.78, 5) is 28.8. The van der Waals surface area contributed by atoms with Gasteiger partial charge in [0.15, 0.2) is 11.5 Å². The lowest BCUT2D eigenvalue weighted by atomic mass is 10.1. The second-order valence-corrected chi connectivity index (χ2v) is 7.15. The van der Waals surface area contributed by atoms with Crippen LogP contribution in [0.5, 0.6) is 11.5 Å². The van der Waals surface area contributed by atoms with E-state index in [2.05, 4.69) is 10.2 Å². The molecule has 0 aromatic heterocycles. The predicted molar refractivity (Wildman–Crippen MR) is 119 cm³/mol. The first-order chi connectivity index (χ1) is 15.0. The molecule has 0 saturated carbocycles. The van der Waals surface area contributed by atoms with Crippen LogP contribution in [0.4, 0.5) is 11.4 Å². The number of rotatable bonds is 8. The monoisotopic (exact) mass is 427 g/mol. The second kappa shape index (κ2) is 10.7. The molecule has 1 aliphatic rings. The lowest BCUT2D eigenvalue weighted by molar-refractivity contribution is -0.116. The van der Waals surface area contributed by atoms with Gasteiger partial charge in [0, 0.05) is 37.1 Å². The van der Waals surface area contributed by atoms with Crippen molar-refractivity contribution in [3.8, 4) is 11.5 Å². The summed E-state index contributed by atoms with van der Waals surface area (Å²) in [5.74, 6) is 0.500. The smallest absolute Gasteiger partial charge is 0.254 e. The SMILES string of the molecule is CCOc1ccc(C(=O)N(C)CC(=O)Nc2ccc(N3CCOCC3)cc2)cc1OC. The molecule has 1 fully saturated rings. The number of hydrogen-bond donors (Lipinski definition) is 1. The van der Waals surface area contributed by atoms with Gasteiger partial charge in [-0.2, -0.15) is 0 Å². The third-order valence-corrected chi connectivity index (χ3v) is 4.97. The second-order valence-electron chi connectivity index (χ2n) is 7.15. The fourth-order valence-corrected chi connectivity index (χ4v) is 3.36. The number of nitrogens with zero attached hydrogens (tertiary/aromatic N) is 2. The molecule has 1 heterocycles. The van der Waals surface area contributed by atoms with Gasteiger partial charge in [0.05, 0.1) is 33.5 Å². The number of amides is 2. The molecule has 2 aromatic carbocycles. The molecule has 31 heavy (non-hydrogen) atoms. The highest BCUT2D eigenvalue weighted by Gasteiger charge is 2.18. The summed E-state index contributed by atoms with van der Waals surface area (Å²) in [7, 11) is 3.11. The van der Waals surface area contributed by atoms with Gasteiger partial charge in [-0.1, -0.05) is 0 Å². The number of carbonyl (C=O) groups is 2. The van der Waals surface area contributed by atoms with Crippen LogP contribution in [0.15, 0.2) is 42.5 Å². The zero-order valence-corrected chi connectivity index (χ0v) is 18.2. The fraction of sp³-hybridized carbons (Fsp3) is 0.391. The van der Waals surface area contributed by atoms with E-state index in [1.807, 2.05) is 31.2 Å². The van der Waals surface area contributed by atoms with Gasteiger partial charge in [-0.25, -0.2) is 0 Å². The minimum absolute atomic E-state index is 0.0699. The number of ether oxygens (including phenoxy) is 3. The van der Waals surface area contributed by atoms with Crippen LogP contribution in [0, 0.1) is 0 Å². The van der Waals surface area contributed by atoms with Crippen LogP contribution in [0.3, 0.4) is 0 Å². The van der Waals surface area contributed by atoms with E-state index in [9.17, 15) is 9.59 Å². The minimum atomic E-state index is -0.279. The third kappa shape index (κ3) is 5.88. The fourth-order valence-electron chi connectivity index (χ4n) is 3.36. The molecule has 1 aliphatic heterocycles. The lowest BCUT2D eigenvalue weighted by Crippen LogP contribution is -2.36. The number of carbonyl (C=O) groups excluding carboxylic acids is 2. The highest BCUT2D eigenvalue weighted by Crippen LogP contribution is 2.28. The number of likely N-dealkylation sites (N-methyl/N-ethyl adjacent to an activating group) is 1. The average Bonchev–Trinajstić information content (AvgIpc) is 2.80. The van der Waals surface area contributed by atoms with Gasteiger partial charge < -0.3 is 29.3 Å². The molecule has 0 bridgehead atoms. The Morgan fingerprint density at radius 1 is 1.10 bits per heavy atom. The molecule has 1 N–H and O–H groups in total. The van der Waals surface area contributed by atoms with Gasteiger partial charge in [-0.15, -0.1) is 0 Å². The lowest BCUT2D eigenvalue weighted by Gasteiger charge is -2.28. The van der Waals surface area contributed by atoms with Crippen molar-refractivity contribution in [3.63, 3.8) is 0 Å². The van der Waals surface area contributed by atoms with Crippen molar-refractivity contribution < 1.29 is 23.8 Å². The Labute approximate surface area is 182 Å². The highest BCUT2D eigenvalue weighted by molar-refractivity contribution is 5.99. The maximum absolute atomic E-state index is 12.7. The molecule has 0 spiro atoms. The van der Waals surface area contributed by atoms with Crippen LogP contribution in [0.2, 0.25) is 0 Å². The Hall–Kier alpha value is -3.26. The van der Waals surface area contributed by atoms with Gasteiger partial charge in [-0.3, -0.25) is 9.59 Å². The molecule has 0 aliphatic carbocycles. The zero-order valence-electron chi connectivity index (χ0n) is 18.2. The van der Waals surface area contributed by atoms with Crippen molar-refractivity contribution in [2.45, 2.75) is 6.92 Å². The largest absolute Gasteiger partial charge is 0.493 e. The van der Waals surface area contributed by atoms with Gasteiger partial charge in [0.2, 0.25) is 5.91 Å². The van der Waals surface area contributed by atoms with Crippen molar-refractivity contribution >= 4 is 23.2 Å². The van der Waals surface area contributed by atoms with E-state index >= 15 is 0 Å². The van der Waals surface area contributed by atoms with Crippen molar-refractivity contribution in [1.82, 2.24) is 4.90 Å². The molecule has 3 rings (SSSR count). The van der Waals surface area contributed by atoms with Gasteiger partial charge in [0.25, 0.3) is 5.91 Å². The number of methoxy groups -OCH3 is 1. The normalized spacial score (nSPS) is 13.5. The van der Waals surface area contributed by atoms with Crippen LogP contribution in [-0.4, -0.2) is 70.3 Å². The summed E-state index contributed by atoms with van der Waals surface area (Å²) >= 11 is 0. The van der Waals surface area contributed by atoms with Crippen LogP contribution in [0.25, 0.3) is 0 Å². The molecule has 8 heteroatoms. The number of benzene rings is 2. The summed E-state index contributed by atoms with van der Waals surface area (Å²) in [5.41, 5.74) is 2.20. The van der Waals surface area contributed by atoms with Crippen molar-refractivity contribution in [2.24, 2.45) is 0 Å². The van der Waals surface area contributed by atoms with E-state index in [0.717, 1.165) is 32.0 Å². The highest BCUT2D eigenvalue weighted by atomic mass is 16.5. The molecular weight excluding hydrogens is 398 g/mol. The van der Waals surface area contributed by atoms with Crippen molar-refractivity contribution in [3.05, 3.63) is 48.0 Å². The molecule has 2 aromatic rings. The maximum Gasteiger partial charge on any atom is 0.254 e. The first-order valence-electron chi connectivity index (χ1n) is 10.3. The maximum atomic E-state index is 12.7. The topological polar surface area (TPSA) is 80.3 Å². The van der Waals surface area contributed by atoms with Crippen LogP contribution in [0.1, 0.15) is 17.3 Å². The van der Waals surface area contributed by atoms with E-state index in [1.54, 1.807) is 25.2 Å². The van der Waals surface area contributed by atoms with Gasteiger partial charge in [-0.05, 0) is 49.4 Å². The molecule has 0 radical (unpaired) electrons. The van der Waals surface area contributed by atoms with Gasteiger partial charge >= 0.3 is 0 Å². The van der Waals surface area contributed by atoms with Crippen LogP contribution in [-0.2, 0) is 9.53 Å². The summed E-state index contributed by atoms with van der Waals surface area (Å²) in [6.45, 7) is 5.46. The van der Waals surface area contributed by atoms with E-state index in [-0.39, 0.29) is 18.4 Å². The Morgan fingerprint density at radius 3 is 2.45 bits per heavy atom. The number of morpholine rings is 1. The van der Waals surface area contributed by atoms with E-state index in [0.29, 0.717) is 29.4 Å². The minimum Gasteiger partial charge on any atom is -0.493 e. The van der Waals surface area contributed by atoms with Gasteiger partial charge in [0.1, 0.15) is 0 Å². The van der Waals surface area contributed by atoms with E-state index in [4.69, 9.17) is 14.2 Å². The van der Waals surface area contributed by atoms with E-state index in [1.165, 1.54) is 12.0 Å². The molecule has 166 valence electrons. The molecule has 1 saturated heterocycles. The molecule has 8 nitrogen and oxygen atoms in total. The van der Waals surface area contributed by atoms with Crippen LogP contribution < -0.4 is 19.7 Å². The Bertz CT molecular complexity index is 895. The predicted octanol–water partition coefficient (Wildman–Crippen LogP) is 2.64. The standard InChI is InChI=1S/C23H29N3O5/c1-4-31-20-10-5-17(15-21(20)29-3)23(28)25(2)16-22(27)24-18-6-8-19(9-7-18)26-11-13-30-14-12-26/h5-10,15H,4,11-14,16H2,1-3H3,(H,24,27). The number of nitrogens with one attached hydrogen (secondary N) is 1. The Kier molecular flexibility index (Phi) is 7.72. The number of hydrogen-bond acceptors (Lipinski definition) is 6. The first-order valence-corrected chi connectivity index (χ1v) is 10.3. The van der Waals surface area contributed by atoms with Crippen molar-refractivity contribution in [1.29, 1.82) is 0 Å². The van der Waals surface area contributed by atoms with E-state index < -0.39 is 0 Å². The molecule has 0 atom stereocenters. The molecule has 0 unspecified atom stereocenters. The van der Waals surface area contributed by atoms with Crippen molar-refractivity contribution in [2.75, 3.05) is 63.8 Å². The summed E-state index contributed by atoms with van der Waals surface area (Å²) in [6.07, 6.45) is 0. The molecular formula is C23H29N3O5. The first kappa shape index (κ1) is 22.4. The summed E-state index contributed by atoms with van der Waals surface area (Å²) in [5, 5.41) is 2.84. The molecule has 2 amide bonds. The summed E-state index contributed by atoms with van der Waals surface area (Å²) in [6, 6.07) is 12.6. The quantitative estimate of drug-likeness (QED) is 0.698. The van der Waals surface area contributed by atoms with Crippen LogP contribution >= 0.6 is 0 Å². The zero-order chi connectivity index (χ0) is 22.2. The average molecular weight is 428 g/mol. The summed E-state index contributed by atoms with van der Waals surface area (Å²) < 4.78 is 16.1. The number of anilines is 2. The Balaban J connectivity index is 1.56. The Morgan fingerprint density at radius 2 is 1.81 bits per heavy atom.